The summed E-state index contributed by atoms with van der Waals surface area (Å²) < 4.78 is 40.5. The number of nitrogens with zero attached hydrogens (tertiary/aromatic N) is 4. The molecular formula is C28H22F3N5O3. The molecule has 0 fully saturated rings. The van der Waals surface area contributed by atoms with Crippen LogP contribution in [0.3, 0.4) is 0 Å². The van der Waals surface area contributed by atoms with Crippen LogP contribution in [0.2, 0.25) is 0 Å². The van der Waals surface area contributed by atoms with Crippen molar-refractivity contribution in [3.63, 3.8) is 0 Å². The van der Waals surface area contributed by atoms with E-state index in [-0.39, 0.29) is 23.5 Å². The number of carbonyl (C=O) groups is 1. The van der Waals surface area contributed by atoms with Crippen LogP contribution in [0.1, 0.15) is 34.7 Å². The number of aromatic hydroxyl groups is 1. The van der Waals surface area contributed by atoms with E-state index in [1.165, 1.54) is 46.1 Å². The summed E-state index contributed by atoms with van der Waals surface area (Å²) >= 11 is 0. The van der Waals surface area contributed by atoms with E-state index < -0.39 is 29.4 Å². The smallest absolute Gasteiger partial charge is 0.416 e. The van der Waals surface area contributed by atoms with E-state index in [0.717, 1.165) is 17.7 Å². The summed E-state index contributed by atoms with van der Waals surface area (Å²) in [5, 5.41) is 18.9. The van der Waals surface area contributed by atoms with Crippen molar-refractivity contribution in [1.29, 1.82) is 0 Å². The first-order valence-corrected chi connectivity index (χ1v) is 11.9. The molecule has 8 nitrogen and oxygen atoms in total. The number of hydrogen-bond donors (Lipinski definition) is 2. The first-order chi connectivity index (χ1) is 18.7. The number of phenolic OH excluding ortho intramolecular Hbond substituents is 1. The monoisotopic (exact) mass is 533 g/mol. The lowest BCUT2D eigenvalue weighted by molar-refractivity contribution is -0.137. The molecule has 1 aliphatic rings. The Bertz CT molecular complexity index is 1600. The third-order valence-corrected chi connectivity index (χ3v) is 6.25. The average Bonchev–Trinajstić information content (AvgIpc) is 3.37. The summed E-state index contributed by atoms with van der Waals surface area (Å²) in [6.45, 7) is -0.125. The normalized spacial score (nSPS) is 15.2. The Hall–Kier alpha value is -4.93. The van der Waals surface area contributed by atoms with Crippen molar-refractivity contribution >= 4 is 17.4 Å². The van der Waals surface area contributed by atoms with E-state index in [1.54, 1.807) is 36.7 Å². The van der Waals surface area contributed by atoms with E-state index >= 15 is 0 Å². The van der Waals surface area contributed by atoms with E-state index in [4.69, 9.17) is 0 Å². The van der Waals surface area contributed by atoms with Gasteiger partial charge in [0.2, 0.25) is 0 Å². The molecule has 3 heterocycles. The number of anilines is 1. The van der Waals surface area contributed by atoms with Gasteiger partial charge in [0.25, 0.3) is 5.56 Å². The van der Waals surface area contributed by atoms with E-state index in [2.05, 4.69) is 15.4 Å². The second kappa shape index (κ2) is 10.4. The van der Waals surface area contributed by atoms with Crippen LogP contribution in [-0.2, 0) is 12.7 Å². The number of rotatable bonds is 5. The molecule has 1 aliphatic heterocycles. The largest absolute Gasteiger partial charge is 0.508 e. The van der Waals surface area contributed by atoms with Crippen molar-refractivity contribution in [2.75, 3.05) is 5.32 Å². The third-order valence-electron chi connectivity index (χ3n) is 6.25. The van der Waals surface area contributed by atoms with Crippen molar-refractivity contribution in [2.45, 2.75) is 25.2 Å². The molecule has 4 aromatic rings. The number of nitrogens with one attached hydrogen (secondary N) is 1. The fourth-order valence-corrected chi connectivity index (χ4v) is 4.37. The molecule has 2 N–H and O–H groups in total. The summed E-state index contributed by atoms with van der Waals surface area (Å²) in [6.07, 6.45) is 0.429. The lowest BCUT2D eigenvalue weighted by Crippen LogP contribution is -2.32. The van der Waals surface area contributed by atoms with Gasteiger partial charge in [-0.2, -0.15) is 18.3 Å². The van der Waals surface area contributed by atoms with Gasteiger partial charge in [-0.1, -0.05) is 36.4 Å². The summed E-state index contributed by atoms with van der Waals surface area (Å²) in [4.78, 5) is 29.9. The molecule has 39 heavy (non-hydrogen) atoms. The summed E-state index contributed by atoms with van der Waals surface area (Å²) in [7, 11) is 0. The molecule has 198 valence electrons. The molecule has 0 saturated carbocycles. The number of halogens is 3. The van der Waals surface area contributed by atoms with Crippen molar-refractivity contribution in [2.24, 2.45) is 5.10 Å². The average molecular weight is 534 g/mol. The van der Waals surface area contributed by atoms with Crippen LogP contribution < -0.4 is 10.9 Å². The minimum Gasteiger partial charge on any atom is -0.508 e. The minimum absolute atomic E-state index is 0.0116. The van der Waals surface area contributed by atoms with Gasteiger partial charge in [-0.25, -0.2) is 9.80 Å². The van der Waals surface area contributed by atoms with Crippen LogP contribution in [0, 0.1) is 0 Å². The highest BCUT2D eigenvalue weighted by Gasteiger charge is 2.35. The molecule has 0 radical (unpaired) electrons. The van der Waals surface area contributed by atoms with Crippen molar-refractivity contribution in [1.82, 2.24) is 14.6 Å². The van der Waals surface area contributed by atoms with Gasteiger partial charge in [0.05, 0.1) is 29.5 Å². The molecule has 2 aromatic heterocycles. The van der Waals surface area contributed by atoms with Crippen LogP contribution in [0.15, 0.2) is 101 Å². The first kappa shape index (κ1) is 25.7. The van der Waals surface area contributed by atoms with Crippen molar-refractivity contribution < 1.29 is 23.1 Å². The Labute approximate surface area is 220 Å². The Kier molecular flexibility index (Phi) is 6.88. The SMILES string of the molecule is O=C(Nc1ccc(=O)n(Cc2cccc(C(F)(F)F)c2)c1)N1N=C(c2cccnc2)CC1c1ccccc1O. The van der Waals surface area contributed by atoms with Gasteiger partial charge in [-0.05, 0) is 35.9 Å². The molecule has 1 atom stereocenters. The highest BCUT2D eigenvalue weighted by molar-refractivity contribution is 6.04. The fraction of sp³-hybridized carbons (Fsp3) is 0.143. The number of aromatic nitrogens is 2. The Morgan fingerprint density at radius 1 is 1.05 bits per heavy atom. The van der Waals surface area contributed by atoms with Gasteiger partial charge in [0.15, 0.2) is 0 Å². The van der Waals surface area contributed by atoms with Crippen molar-refractivity contribution in [3.8, 4) is 5.75 Å². The number of alkyl halides is 3. The maximum atomic E-state index is 13.4. The zero-order valence-electron chi connectivity index (χ0n) is 20.3. The lowest BCUT2D eigenvalue weighted by Gasteiger charge is -2.23. The Morgan fingerprint density at radius 3 is 2.62 bits per heavy atom. The number of para-hydroxylation sites is 1. The number of pyridine rings is 2. The Morgan fingerprint density at radius 2 is 1.87 bits per heavy atom. The van der Waals surface area contributed by atoms with Crippen LogP contribution in [0.25, 0.3) is 0 Å². The summed E-state index contributed by atoms with van der Waals surface area (Å²) in [6, 6.07) is 16.3. The van der Waals surface area contributed by atoms with E-state index in [1.807, 2.05) is 6.07 Å². The molecular weight excluding hydrogens is 511 g/mol. The third kappa shape index (κ3) is 5.66. The predicted octanol–water partition coefficient (Wildman–Crippen LogP) is 5.40. The number of carbonyl (C=O) groups excluding carboxylic acids is 1. The number of amides is 2. The molecule has 1 unspecified atom stereocenters. The highest BCUT2D eigenvalue weighted by atomic mass is 19.4. The molecule has 11 heteroatoms. The van der Waals surface area contributed by atoms with Crippen LogP contribution in [0.5, 0.6) is 5.75 Å². The molecule has 0 saturated heterocycles. The number of hydrazone groups is 1. The van der Waals surface area contributed by atoms with Gasteiger partial charge < -0.3 is 15.0 Å². The van der Waals surface area contributed by atoms with Crippen molar-refractivity contribution in [3.05, 3.63) is 124 Å². The zero-order chi connectivity index (χ0) is 27.6. The van der Waals surface area contributed by atoms with Crippen LogP contribution in [-0.4, -0.2) is 31.4 Å². The summed E-state index contributed by atoms with van der Waals surface area (Å²) in [5.41, 5.74) is 1.08. The number of benzene rings is 2. The molecule has 0 bridgehead atoms. The van der Waals surface area contributed by atoms with Gasteiger partial charge in [0.1, 0.15) is 5.75 Å². The van der Waals surface area contributed by atoms with Gasteiger partial charge in [-0.3, -0.25) is 9.78 Å². The van der Waals surface area contributed by atoms with Gasteiger partial charge in [0, 0.05) is 42.2 Å². The van der Waals surface area contributed by atoms with E-state index in [0.29, 0.717) is 17.7 Å². The standard InChI is InChI=1S/C28H22F3N5O3/c29-28(30,31)20-7-3-5-18(13-20)16-35-17-21(10-11-26(35)38)33-27(39)36-24(22-8-1-2-9-25(22)37)14-23(34-36)19-6-4-12-32-15-19/h1-13,15,17,24,37H,14,16H2,(H,33,39). The molecule has 5 rings (SSSR count). The first-order valence-electron chi connectivity index (χ1n) is 11.9. The quantitative estimate of drug-likeness (QED) is 0.359. The predicted molar refractivity (Wildman–Crippen MR) is 138 cm³/mol. The second-order valence-electron chi connectivity index (χ2n) is 8.92. The maximum absolute atomic E-state index is 13.4. The van der Waals surface area contributed by atoms with Crippen LogP contribution >= 0.6 is 0 Å². The molecule has 2 amide bonds. The van der Waals surface area contributed by atoms with Gasteiger partial charge >= 0.3 is 12.2 Å². The minimum atomic E-state index is -4.51. The zero-order valence-corrected chi connectivity index (χ0v) is 20.3. The Balaban J connectivity index is 1.41. The summed E-state index contributed by atoms with van der Waals surface area (Å²) in [5.74, 6) is 0.0116. The molecule has 0 spiro atoms. The topological polar surface area (TPSA) is 99.8 Å². The molecule has 0 aliphatic carbocycles. The number of urea groups is 1. The second-order valence-corrected chi connectivity index (χ2v) is 8.92. The number of phenols is 1. The highest BCUT2D eigenvalue weighted by Crippen LogP contribution is 2.37. The van der Waals surface area contributed by atoms with E-state index in [9.17, 15) is 27.9 Å². The van der Waals surface area contributed by atoms with Gasteiger partial charge in [-0.15, -0.1) is 0 Å². The lowest BCUT2D eigenvalue weighted by atomic mass is 9.98. The maximum Gasteiger partial charge on any atom is 0.416 e. The number of hydrogen-bond acceptors (Lipinski definition) is 5. The fourth-order valence-electron chi connectivity index (χ4n) is 4.37. The molecule has 2 aromatic carbocycles. The van der Waals surface area contributed by atoms with Crippen LogP contribution in [0.4, 0.5) is 23.7 Å².